The van der Waals surface area contributed by atoms with Crippen LogP contribution in [0.3, 0.4) is 0 Å². The first kappa shape index (κ1) is 14.8. The van der Waals surface area contributed by atoms with Crippen LogP contribution >= 0.6 is 0 Å². The first-order valence-corrected chi connectivity index (χ1v) is 8.47. The number of aromatic nitrogens is 3. The van der Waals surface area contributed by atoms with Crippen LogP contribution in [0.15, 0.2) is 29.5 Å². The van der Waals surface area contributed by atoms with Crippen molar-refractivity contribution < 1.29 is 4.74 Å². The third-order valence-electron chi connectivity index (χ3n) is 4.98. The van der Waals surface area contributed by atoms with Crippen LogP contribution < -0.4 is 5.56 Å². The fraction of sp³-hybridized carbons (Fsp3) is 0.588. The van der Waals surface area contributed by atoms with Gasteiger partial charge >= 0.3 is 0 Å². The molecule has 2 aromatic rings. The third-order valence-corrected chi connectivity index (χ3v) is 4.98. The minimum absolute atomic E-state index is 0.0202. The lowest BCUT2D eigenvalue weighted by Gasteiger charge is -2.33. The van der Waals surface area contributed by atoms with Gasteiger partial charge in [0, 0.05) is 38.5 Å². The van der Waals surface area contributed by atoms with E-state index in [1.807, 2.05) is 12.1 Å². The van der Waals surface area contributed by atoms with Crippen LogP contribution in [0.5, 0.6) is 0 Å². The van der Waals surface area contributed by atoms with Crippen LogP contribution in [0.25, 0.3) is 11.0 Å². The van der Waals surface area contributed by atoms with Crippen LogP contribution in [-0.2, 0) is 4.74 Å². The number of hydrogen-bond acceptors (Lipinski definition) is 5. The van der Waals surface area contributed by atoms with Crippen molar-refractivity contribution in [3.8, 4) is 0 Å². The Kier molecular flexibility index (Phi) is 4.10. The average Bonchev–Trinajstić information content (AvgIpc) is 3.09. The van der Waals surface area contributed by atoms with Gasteiger partial charge in [-0.2, -0.15) is 0 Å². The molecule has 0 aliphatic carbocycles. The highest BCUT2D eigenvalue weighted by molar-refractivity contribution is 5.71. The highest BCUT2D eigenvalue weighted by Gasteiger charge is 2.25. The first-order valence-electron chi connectivity index (χ1n) is 8.47. The average molecular weight is 314 g/mol. The normalized spacial score (nSPS) is 23.6. The van der Waals surface area contributed by atoms with E-state index >= 15 is 0 Å². The molecule has 2 fully saturated rings. The van der Waals surface area contributed by atoms with Crippen molar-refractivity contribution in [2.75, 3.05) is 26.2 Å². The van der Waals surface area contributed by atoms with E-state index in [4.69, 9.17) is 4.74 Å². The Balaban J connectivity index is 1.46. The zero-order chi connectivity index (χ0) is 15.6. The summed E-state index contributed by atoms with van der Waals surface area (Å²) in [7, 11) is 0. The highest BCUT2D eigenvalue weighted by Crippen LogP contribution is 2.23. The van der Waals surface area contributed by atoms with Crippen molar-refractivity contribution in [2.24, 2.45) is 0 Å². The number of fused-ring (bicyclic) bond motifs is 1. The van der Waals surface area contributed by atoms with Crippen LogP contribution in [-0.4, -0.2) is 51.8 Å². The number of pyridine rings is 1. The Morgan fingerprint density at radius 3 is 2.87 bits per heavy atom. The molecule has 1 atom stereocenters. The quantitative estimate of drug-likeness (QED) is 0.861. The molecule has 0 bridgehead atoms. The van der Waals surface area contributed by atoms with Gasteiger partial charge in [-0.25, -0.2) is 9.97 Å². The molecule has 0 unspecified atom stereocenters. The maximum absolute atomic E-state index is 12.6. The van der Waals surface area contributed by atoms with Gasteiger partial charge in [-0.05, 0) is 37.8 Å². The molecule has 2 saturated heterocycles. The number of nitrogens with zero attached hydrogens (tertiary/aromatic N) is 4. The Bertz CT molecular complexity index is 731. The zero-order valence-electron chi connectivity index (χ0n) is 13.2. The molecule has 4 rings (SSSR count). The van der Waals surface area contributed by atoms with Crippen molar-refractivity contribution in [1.29, 1.82) is 0 Å². The molecule has 2 aromatic heterocycles. The largest absolute Gasteiger partial charge is 0.377 e. The Morgan fingerprint density at radius 2 is 2.09 bits per heavy atom. The van der Waals surface area contributed by atoms with Crippen LogP contribution in [0.1, 0.15) is 31.7 Å². The summed E-state index contributed by atoms with van der Waals surface area (Å²) < 4.78 is 7.50. The molecule has 0 aromatic carbocycles. The summed E-state index contributed by atoms with van der Waals surface area (Å²) >= 11 is 0. The van der Waals surface area contributed by atoms with Crippen LogP contribution in [0, 0.1) is 0 Å². The lowest BCUT2D eigenvalue weighted by atomic mass is 10.0. The third kappa shape index (κ3) is 3.01. The highest BCUT2D eigenvalue weighted by atomic mass is 16.5. The maximum atomic E-state index is 12.6. The van der Waals surface area contributed by atoms with Gasteiger partial charge in [0.15, 0.2) is 5.52 Å². The number of hydrogen-bond donors (Lipinski definition) is 0. The van der Waals surface area contributed by atoms with Gasteiger partial charge in [0.05, 0.1) is 17.9 Å². The molecule has 0 amide bonds. The standard InChI is InChI=1S/C17H22N4O2/c22-17-16-15(4-1-7-18-16)19-12-21(17)13-5-8-20(9-6-13)11-14-3-2-10-23-14/h1,4,7,12-14H,2-3,5-6,8-11H2/t14-/m0/s1. The fourth-order valence-electron chi connectivity index (χ4n) is 3.68. The molecule has 6 nitrogen and oxygen atoms in total. The molecular formula is C17H22N4O2. The summed E-state index contributed by atoms with van der Waals surface area (Å²) in [5, 5.41) is 0. The molecule has 122 valence electrons. The SMILES string of the molecule is O=c1c2ncccc2ncn1C1CCN(C[C@@H]2CCCO2)CC1. The lowest BCUT2D eigenvalue weighted by Crippen LogP contribution is -2.41. The van der Waals surface area contributed by atoms with Gasteiger partial charge in [-0.15, -0.1) is 0 Å². The van der Waals surface area contributed by atoms with Gasteiger partial charge in [0.2, 0.25) is 0 Å². The predicted octanol–water partition coefficient (Wildman–Crippen LogP) is 1.61. The minimum atomic E-state index is -0.0202. The van der Waals surface area contributed by atoms with Crippen LogP contribution in [0.2, 0.25) is 0 Å². The van der Waals surface area contributed by atoms with Crippen molar-refractivity contribution in [3.05, 3.63) is 35.0 Å². The smallest absolute Gasteiger partial charge is 0.280 e. The van der Waals surface area contributed by atoms with E-state index in [2.05, 4.69) is 14.9 Å². The van der Waals surface area contributed by atoms with Gasteiger partial charge in [0.1, 0.15) is 0 Å². The molecule has 6 heteroatoms. The number of piperidine rings is 1. The zero-order valence-corrected chi connectivity index (χ0v) is 13.2. The van der Waals surface area contributed by atoms with Crippen molar-refractivity contribution >= 4 is 11.0 Å². The molecule has 2 aliphatic heterocycles. The van der Waals surface area contributed by atoms with E-state index in [1.54, 1.807) is 17.1 Å². The monoisotopic (exact) mass is 314 g/mol. The van der Waals surface area contributed by atoms with E-state index in [-0.39, 0.29) is 11.6 Å². The molecule has 0 radical (unpaired) electrons. The van der Waals surface area contributed by atoms with Gasteiger partial charge in [-0.1, -0.05) is 0 Å². The Hall–Kier alpha value is -1.79. The molecule has 0 N–H and O–H groups in total. The van der Waals surface area contributed by atoms with E-state index in [9.17, 15) is 4.79 Å². The molecule has 4 heterocycles. The predicted molar refractivity (Wildman–Crippen MR) is 87.5 cm³/mol. The molecule has 23 heavy (non-hydrogen) atoms. The lowest BCUT2D eigenvalue weighted by molar-refractivity contribution is 0.0604. The second-order valence-electron chi connectivity index (χ2n) is 6.49. The molecule has 2 aliphatic rings. The van der Waals surface area contributed by atoms with Crippen molar-refractivity contribution in [1.82, 2.24) is 19.4 Å². The summed E-state index contributed by atoms with van der Waals surface area (Å²) in [5.41, 5.74) is 1.12. The number of ether oxygens (including phenoxy) is 1. The minimum Gasteiger partial charge on any atom is -0.377 e. The Morgan fingerprint density at radius 1 is 1.22 bits per heavy atom. The number of likely N-dealkylation sites (tertiary alicyclic amines) is 1. The molecule has 0 saturated carbocycles. The topological polar surface area (TPSA) is 60.2 Å². The molecular weight excluding hydrogens is 292 g/mol. The second-order valence-corrected chi connectivity index (χ2v) is 6.49. The Labute approximate surface area is 135 Å². The van der Waals surface area contributed by atoms with E-state index in [0.717, 1.165) is 39.1 Å². The van der Waals surface area contributed by atoms with Crippen molar-refractivity contribution in [3.63, 3.8) is 0 Å². The van der Waals surface area contributed by atoms with Gasteiger partial charge in [-0.3, -0.25) is 9.36 Å². The maximum Gasteiger partial charge on any atom is 0.280 e. The van der Waals surface area contributed by atoms with E-state index in [0.29, 0.717) is 17.1 Å². The summed E-state index contributed by atoms with van der Waals surface area (Å²) in [4.78, 5) is 23.7. The summed E-state index contributed by atoms with van der Waals surface area (Å²) in [6.45, 7) is 3.96. The summed E-state index contributed by atoms with van der Waals surface area (Å²) in [6.07, 6.45) is 8.07. The first-order chi connectivity index (χ1) is 11.3. The van der Waals surface area contributed by atoms with E-state index < -0.39 is 0 Å². The number of rotatable bonds is 3. The van der Waals surface area contributed by atoms with E-state index in [1.165, 1.54) is 12.8 Å². The molecule has 0 spiro atoms. The van der Waals surface area contributed by atoms with Gasteiger partial charge < -0.3 is 9.64 Å². The fourth-order valence-corrected chi connectivity index (χ4v) is 3.68. The second kappa shape index (κ2) is 6.37. The van der Waals surface area contributed by atoms with Crippen LogP contribution in [0.4, 0.5) is 0 Å². The van der Waals surface area contributed by atoms with Crippen molar-refractivity contribution in [2.45, 2.75) is 37.8 Å². The summed E-state index contributed by atoms with van der Waals surface area (Å²) in [6, 6.07) is 3.86. The van der Waals surface area contributed by atoms with Gasteiger partial charge in [0.25, 0.3) is 5.56 Å². The summed E-state index contributed by atoms with van der Waals surface area (Å²) in [5.74, 6) is 0.